The van der Waals surface area contributed by atoms with Crippen molar-refractivity contribution in [3.8, 4) is 0 Å². The van der Waals surface area contributed by atoms with Crippen LogP contribution in [-0.2, 0) is 4.79 Å². The van der Waals surface area contributed by atoms with Gasteiger partial charge in [-0.3, -0.25) is 4.79 Å². The molecule has 1 aliphatic carbocycles. The van der Waals surface area contributed by atoms with Crippen molar-refractivity contribution in [1.29, 1.82) is 0 Å². The lowest BCUT2D eigenvalue weighted by Gasteiger charge is -2.40. The van der Waals surface area contributed by atoms with Gasteiger partial charge in [0.15, 0.2) is 0 Å². The predicted octanol–water partition coefficient (Wildman–Crippen LogP) is 2.48. The summed E-state index contributed by atoms with van der Waals surface area (Å²) in [5, 5.41) is 3.16. The van der Waals surface area contributed by atoms with Crippen LogP contribution in [0.2, 0.25) is 0 Å². The van der Waals surface area contributed by atoms with Crippen LogP contribution in [0.3, 0.4) is 0 Å². The van der Waals surface area contributed by atoms with Gasteiger partial charge in [-0.05, 0) is 24.2 Å². The summed E-state index contributed by atoms with van der Waals surface area (Å²) in [7, 11) is 0. The maximum atomic E-state index is 11.6. The second-order valence-electron chi connectivity index (χ2n) is 5.97. The van der Waals surface area contributed by atoms with Gasteiger partial charge in [-0.25, -0.2) is 0 Å². The number of halogens is 1. The van der Waals surface area contributed by atoms with E-state index in [0.29, 0.717) is 24.9 Å². The number of nitrogens with one attached hydrogen (secondary N) is 1. The van der Waals surface area contributed by atoms with Gasteiger partial charge in [0.05, 0.1) is 0 Å². The van der Waals surface area contributed by atoms with E-state index in [1.165, 1.54) is 19.3 Å². The van der Waals surface area contributed by atoms with Crippen LogP contribution in [-0.4, -0.2) is 18.5 Å². The zero-order valence-electron chi connectivity index (χ0n) is 11.3. The van der Waals surface area contributed by atoms with Gasteiger partial charge in [-0.15, -0.1) is 12.4 Å². The zero-order chi connectivity index (χ0) is 12.2. The largest absolute Gasteiger partial charge is 0.353 e. The van der Waals surface area contributed by atoms with Crippen molar-refractivity contribution in [2.75, 3.05) is 6.54 Å². The number of carbonyl (C=O) groups is 1. The topological polar surface area (TPSA) is 55.1 Å². The van der Waals surface area contributed by atoms with Crippen molar-refractivity contribution < 1.29 is 4.79 Å². The quantitative estimate of drug-likeness (QED) is 0.821. The third kappa shape index (κ3) is 5.26. The summed E-state index contributed by atoms with van der Waals surface area (Å²) in [5.74, 6) is 0.714. The SMILES string of the molecule is CC(C)(C)C1CCCCC1NC(=O)CCN.Cl. The second kappa shape index (κ2) is 7.22. The third-order valence-electron chi connectivity index (χ3n) is 3.60. The molecule has 1 fully saturated rings. The first-order valence-corrected chi connectivity index (χ1v) is 6.44. The summed E-state index contributed by atoms with van der Waals surface area (Å²) in [5.41, 5.74) is 5.67. The average molecular weight is 263 g/mol. The number of rotatable bonds is 3. The lowest BCUT2D eigenvalue weighted by molar-refractivity contribution is -0.122. The molecule has 17 heavy (non-hydrogen) atoms. The van der Waals surface area contributed by atoms with Crippen molar-refractivity contribution >= 4 is 18.3 Å². The molecule has 2 unspecified atom stereocenters. The Labute approximate surface area is 111 Å². The minimum absolute atomic E-state index is 0. The molecule has 3 nitrogen and oxygen atoms in total. The van der Waals surface area contributed by atoms with E-state index in [1.807, 2.05) is 0 Å². The lowest BCUT2D eigenvalue weighted by Crippen LogP contribution is -2.47. The van der Waals surface area contributed by atoms with E-state index < -0.39 is 0 Å². The Morgan fingerprint density at radius 3 is 2.41 bits per heavy atom. The van der Waals surface area contributed by atoms with Crippen LogP contribution < -0.4 is 11.1 Å². The van der Waals surface area contributed by atoms with E-state index in [0.717, 1.165) is 6.42 Å². The van der Waals surface area contributed by atoms with Crippen molar-refractivity contribution in [2.45, 2.75) is 58.9 Å². The maximum Gasteiger partial charge on any atom is 0.221 e. The summed E-state index contributed by atoms with van der Waals surface area (Å²) in [6, 6.07) is 0.354. The maximum absolute atomic E-state index is 11.6. The highest BCUT2D eigenvalue weighted by Crippen LogP contribution is 2.37. The highest BCUT2D eigenvalue weighted by Gasteiger charge is 2.34. The fourth-order valence-corrected chi connectivity index (χ4v) is 2.75. The van der Waals surface area contributed by atoms with Gasteiger partial charge < -0.3 is 11.1 Å². The Balaban J connectivity index is 0.00000256. The van der Waals surface area contributed by atoms with E-state index in [9.17, 15) is 4.79 Å². The molecule has 1 amide bonds. The number of hydrogen-bond donors (Lipinski definition) is 2. The van der Waals surface area contributed by atoms with E-state index in [-0.39, 0.29) is 23.7 Å². The van der Waals surface area contributed by atoms with Crippen molar-refractivity contribution in [2.24, 2.45) is 17.1 Å². The molecule has 0 bridgehead atoms. The molecular formula is C13H27ClN2O. The Morgan fingerprint density at radius 1 is 1.29 bits per heavy atom. The van der Waals surface area contributed by atoms with Gasteiger partial charge in [-0.1, -0.05) is 33.6 Å². The predicted molar refractivity (Wildman–Crippen MR) is 74.3 cm³/mol. The summed E-state index contributed by atoms with van der Waals surface area (Å²) in [6.07, 6.45) is 5.34. The molecule has 0 aliphatic heterocycles. The van der Waals surface area contributed by atoms with Crippen molar-refractivity contribution in [3.05, 3.63) is 0 Å². The fourth-order valence-electron chi connectivity index (χ4n) is 2.75. The molecule has 0 aromatic heterocycles. The van der Waals surface area contributed by atoms with Crippen LogP contribution >= 0.6 is 12.4 Å². The lowest BCUT2D eigenvalue weighted by atomic mass is 9.69. The normalized spacial score (nSPS) is 24.9. The van der Waals surface area contributed by atoms with Crippen molar-refractivity contribution in [3.63, 3.8) is 0 Å². The van der Waals surface area contributed by atoms with Crippen LogP contribution in [0.15, 0.2) is 0 Å². The highest BCUT2D eigenvalue weighted by molar-refractivity contribution is 5.85. The van der Waals surface area contributed by atoms with E-state index >= 15 is 0 Å². The van der Waals surface area contributed by atoms with E-state index in [1.54, 1.807) is 0 Å². The zero-order valence-corrected chi connectivity index (χ0v) is 12.1. The number of carbonyl (C=O) groups excluding carboxylic acids is 1. The summed E-state index contributed by atoms with van der Waals surface area (Å²) < 4.78 is 0. The van der Waals surface area contributed by atoms with Gasteiger partial charge in [0.2, 0.25) is 5.91 Å². The monoisotopic (exact) mass is 262 g/mol. The molecular weight excluding hydrogens is 236 g/mol. The Bertz CT molecular complexity index is 238. The van der Waals surface area contributed by atoms with Gasteiger partial charge in [-0.2, -0.15) is 0 Å². The highest BCUT2D eigenvalue weighted by atomic mass is 35.5. The standard InChI is InChI=1S/C13H26N2O.ClH/c1-13(2,3)10-6-4-5-7-11(10)15-12(16)8-9-14;/h10-11H,4-9,14H2,1-3H3,(H,15,16);1H. The molecule has 2 atom stereocenters. The van der Waals surface area contributed by atoms with Crippen LogP contribution in [0.5, 0.6) is 0 Å². The first-order valence-electron chi connectivity index (χ1n) is 6.44. The molecule has 1 rings (SSSR count). The van der Waals surface area contributed by atoms with E-state index in [4.69, 9.17) is 5.73 Å². The van der Waals surface area contributed by atoms with Crippen molar-refractivity contribution in [1.82, 2.24) is 5.32 Å². The van der Waals surface area contributed by atoms with Crippen LogP contribution in [0.4, 0.5) is 0 Å². The molecule has 0 aromatic carbocycles. The summed E-state index contributed by atoms with van der Waals surface area (Å²) in [4.78, 5) is 11.6. The number of nitrogens with two attached hydrogens (primary N) is 1. The molecule has 1 saturated carbocycles. The van der Waals surface area contributed by atoms with Crippen LogP contribution in [0.1, 0.15) is 52.9 Å². The number of amides is 1. The molecule has 0 spiro atoms. The third-order valence-corrected chi connectivity index (χ3v) is 3.60. The molecule has 0 saturated heterocycles. The van der Waals surface area contributed by atoms with E-state index in [2.05, 4.69) is 26.1 Å². The molecule has 3 N–H and O–H groups in total. The first kappa shape index (κ1) is 16.7. The molecule has 4 heteroatoms. The fraction of sp³-hybridized carbons (Fsp3) is 0.923. The Morgan fingerprint density at radius 2 is 1.88 bits per heavy atom. The molecule has 0 aromatic rings. The molecule has 1 aliphatic rings. The van der Waals surface area contributed by atoms with Gasteiger partial charge in [0.1, 0.15) is 0 Å². The second-order valence-corrected chi connectivity index (χ2v) is 5.97. The summed E-state index contributed by atoms with van der Waals surface area (Å²) >= 11 is 0. The molecule has 0 heterocycles. The van der Waals surface area contributed by atoms with Gasteiger partial charge in [0.25, 0.3) is 0 Å². The Kier molecular flexibility index (Phi) is 7.10. The summed E-state index contributed by atoms with van der Waals surface area (Å²) in [6.45, 7) is 7.25. The number of hydrogen-bond acceptors (Lipinski definition) is 2. The van der Waals surface area contributed by atoms with Crippen LogP contribution in [0.25, 0.3) is 0 Å². The smallest absolute Gasteiger partial charge is 0.221 e. The first-order chi connectivity index (χ1) is 7.45. The minimum atomic E-state index is 0. The molecule has 102 valence electrons. The van der Waals surface area contributed by atoms with Crippen LogP contribution in [0, 0.1) is 11.3 Å². The average Bonchev–Trinajstić information content (AvgIpc) is 2.17. The van der Waals surface area contributed by atoms with Gasteiger partial charge in [0, 0.05) is 19.0 Å². The van der Waals surface area contributed by atoms with Gasteiger partial charge >= 0.3 is 0 Å². The minimum Gasteiger partial charge on any atom is -0.353 e. The molecule has 0 radical (unpaired) electrons. The Hall–Kier alpha value is -0.280.